The molecule has 1 saturated heterocycles. The van der Waals surface area contributed by atoms with Crippen LogP contribution in [0.25, 0.3) is 6.08 Å². The molecule has 216 valence electrons. The van der Waals surface area contributed by atoms with E-state index in [9.17, 15) is 18.0 Å². The number of pyridine rings is 1. The zero-order valence-electron chi connectivity index (χ0n) is 23.4. The Morgan fingerprint density at radius 3 is 2.24 bits per heavy atom. The molecule has 2 heterocycles. The lowest BCUT2D eigenvalue weighted by atomic mass is 10.00. The number of aromatic nitrogens is 1. The normalized spacial score (nSPS) is 18.6. The van der Waals surface area contributed by atoms with Gasteiger partial charge in [0, 0.05) is 62.1 Å². The van der Waals surface area contributed by atoms with Gasteiger partial charge in [-0.15, -0.1) is 0 Å². The van der Waals surface area contributed by atoms with E-state index in [2.05, 4.69) is 39.0 Å². The lowest BCUT2D eigenvalue weighted by molar-refractivity contribution is -0.137. The molecular weight excluding hydrogens is 525 g/mol. The fraction of sp³-hybridized carbons (Fsp3) is 0.394. The van der Waals surface area contributed by atoms with E-state index in [0.717, 1.165) is 55.0 Å². The second kappa shape index (κ2) is 12.9. The van der Waals surface area contributed by atoms with Crippen molar-refractivity contribution in [2.24, 2.45) is 0 Å². The topological polar surface area (TPSA) is 39.7 Å². The highest BCUT2D eigenvalue weighted by molar-refractivity contribution is 5.92. The van der Waals surface area contributed by atoms with Crippen molar-refractivity contribution in [2.75, 3.05) is 25.0 Å². The summed E-state index contributed by atoms with van der Waals surface area (Å²) in [4.78, 5) is 24.3. The maximum Gasteiger partial charge on any atom is 0.416 e. The predicted octanol–water partition coefficient (Wildman–Crippen LogP) is 7.32. The third-order valence-electron chi connectivity index (χ3n) is 8.38. The molecule has 1 aliphatic carbocycles. The molecule has 41 heavy (non-hydrogen) atoms. The Hall–Kier alpha value is -3.65. The summed E-state index contributed by atoms with van der Waals surface area (Å²) in [5.74, 6) is -0.124. The number of carbonyl (C=O) groups excluding carboxylic acids is 1. The van der Waals surface area contributed by atoms with E-state index in [-0.39, 0.29) is 11.9 Å². The number of halogens is 3. The lowest BCUT2D eigenvalue weighted by Gasteiger charge is -2.41. The molecule has 1 aliphatic heterocycles. The number of carbonyl (C=O) groups is 1. The zero-order valence-corrected chi connectivity index (χ0v) is 23.4. The highest BCUT2D eigenvalue weighted by Crippen LogP contribution is 2.30. The molecule has 1 atom stereocenters. The lowest BCUT2D eigenvalue weighted by Crippen LogP contribution is -2.51. The molecule has 1 saturated carbocycles. The fourth-order valence-corrected chi connectivity index (χ4v) is 6.01. The van der Waals surface area contributed by atoms with Gasteiger partial charge in [-0.25, -0.2) is 0 Å². The zero-order chi connectivity index (χ0) is 28.8. The van der Waals surface area contributed by atoms with Crippen LogP contribution in [0.3, 0.4) is 0 Å². The fourth-order valence-electron chi connectivity index (χ4n) is 6.01. The summed E-state index contributed by atoms with van der Waals surface area (Å²) in [6, 6.07) is 17.7. The first-order valence-electron chi connectivity index (χ1n) is 14.4. The summed E-state index contributed by atoms with van der Waals surface area (Å²) in [6.45, 7) is 2.40. The van der Waals surface area contributed by atoms with Crippen molar-refractivity contribution in [1.29, 1.82) is 0 Å². The number of nitrogens with zero attached hydrogens (tertiary/aromatic N) is 4. The summed E-state index contributed by atoms with van der Waals surface area (Å²) in [6.07, 6.45) is 9.22. The number of amides is 1. The van der Waals surface area contributed by atoms with E-state index in [1.54, 1.807) is 18.5 Å². The Morgan fingerprint density at radius 1 is 0.927 bits per heavy atom. The first kappa shape index (κ1) is 28.9. The summed E-state index contributed by atoms with van der Waals surface area (Å²) >= 11 is 0. The molecule has 0 unspecified atom stereocenters. The van der Waals surface area contributed by atoms with Gasteiger partial charge >= 0.3 is 6.18 Å². The van der Waals surface area contributed by atoms with Crippen LogP contribution in [0.1, 0.15) is 55.2 Å². The van der Waals surface area contributed by atoms with Gasteiger partial charge in [-0.3, -0.25) is 14.7 Å². The number of piperidine rings is 1. The Morgan fingerprint density at radius 2 is 1.59 bits per heavy atom. The van der Waals surface area contributed by atoms with Crippen LogP contribution in [0.2, 0.25) is 0 Å². The number of alkyl halides is 3. The molecular formula is C33H37F3N4O. The molecule has 3 aromatic rings. The van der Waals surface area contributed by atoms with E-state index >= 15 is 0 Å². The summed E-state index contributed by atoms with van der Waals surface area (Å²) in [7, 11) is 2.01. The molecule has 2 fully saturated rings. The summed E-state index contributed by atoms with van der Waals surface area (Å²) in [5, 5.41) is 0. The maximum atomic E-state index is 13.7. The molecule has 1 amide bonds. The molecule has 5 rings (SSSR count). The monoisotopic (exact) mass is 562 g/mol. The Balaban J connectivity index is 1.33. The molecule has 8 heteroatoms. The first-order chi connectivity index (χ1) is 19.8. The Bertz CT molecular complexity index is 1300. The van der Waals surface area contributed by atoms with Crippen LogP contribution in [-0.2, 0) is 17.5 Å². The smallest absolute Gasteiger partial charge is 0.345 e. The summed E-state index contributed by atoms with van der Waals surface area (Å²) < 4.78 is 38.9. The minimum Gasteiger partial charge on any atom is -0.345 e. The van der Waals surface area contributed by atoms with Crippen molar-refractivity contribution in [1.82, 2.24) is 14.8 Å². The van der Waals surface area contributed by atoms with Gasteiger partial charge in [0.1, 0.15) is 0 Å². The number of hydrogen-bond donors (Lipinski definition) is 0. The highest BCUT2D eigenvalue weighted by Gasteiger charge is 2.32. The van der Waals surface area contributed by atoms with Gasteiger partial charge < -0.3 is 9.80 Å². The average Bonchev–Trinajstić information content (AvgIpc) is 3.54. The Labute approximate surface area is 240 Å². The number of likely N-dealkylation sites (tertiary alicyclic amines) is 1. The van der Waals surface area contributed by atoms with E-state index in [1.807, 2.05) is 24.1 Å². The third kappa shape index (κ3) is 7.36. The molecule has 5 nitrogen and oxygen atoms in total. The average molecular weight is 563 g/mol. The van der Waals surface area contributed by atoms with Crippen LogP contribution in [0.15, 0.2) is 79.1 Å². The van der Waals surface area contributed by atoms with Gasteiger partial charge in [0.25, 0.3) is 0 Å². The van der Waals surface area contributed by atoms with Crippen molar-refractivity contribution in [3.8, 4) is 0 Å². The highest BCUT2D eigenvalue weighted by atomic mass is 19.4. The van der Waals surface area contributed by atoms with Crippen molar-refractivity contribution in [3.63, 3.8) is 0 Å². The number of anilines is 2. The van der Waals surface area contributed by atoms with Gasteiger partial charge in [0.05, 0.1) is 5.56 Å². The van der Waals surface area contributed by atoms with Crippen LogP contribution >= 0.6 is 0 Å². The summed E-state index contributed by atoms with van der Waals surface area (Å²) in [5.41, 5.74) is 2.96. The van der Waals surface area contributed by atoms with Crippen molar-refractivity contribution < 1.29 is 18.0 Å². The van der Waals surface area contributed by atoms with Crippen molar-refractivity contribution in [2.45, 2.75) is 63.3 Å². The minimum absolute atomic E-state index is 0.0771. The van der Waals surface area contributed by atoms with E-state index < -0.39 is 11.7 Å². The molecule has 0 radical (unpaired) electrons. The van der Waals surface area contributed by atoms with Gasteiger partial charge in [0.2, 0.25) is 5.91 Å². The van der Waals surface area contributed by atoms with Crippen LogP contribution in [0.5, 0.6) is 0 Å². The molecule has 0 spiro atoms. The quantitative estimate of drug-likeness (QED) is 0.270. The second-order valence-electron chi connectivity index (χ2n) is 11.1. The molecule has 0 bridgehead atoms. The molecule has 2 aromatic carbocycles. The van der Waals surface area contributed by atoms with Crippen LogP contribution in [0.4, 0.5) is 24.5 Å². The number of rotatable bonds is 8. The van der Waals surface area contributed by atoms with E-state index in [0.29, 0.717) is 18.2 Å². The van der Waals surface area contributed by atoms with Crippen LogP contribution < -0.4 is 4.90 Å². The van der Waals surface area contributed by atoms with Crippen molar-refractivity contribution >= 4 is 23.4 Å². The van der Waals surface area contributed by atoms with Gasteiger partial charge in [-0.1, -0.05) is 37.1 Å². The standard InChI is InChI=1S/C33H37F3N4O/c1-38(29-18-20-37-21-19-29)28-15-10-26(11-16-28)23-40(31-7-4-22-39(24-31)30-5-2-3-6-30)32(41)17-12-25-8-13-27(14-9-25)33(34,35)36/h8-21,30-31H,2-7,22-24H2,1H3/b17-12+/t31-/m1/s1. The van der Waals surface area contributed by atoms with Gasteiger partial charge in [-0.2, -0.15) is 13.2 Å². The molecule has 1 aromatic heterocycles. The van der Waals surface area contributed by atoms with E-state index in [4.69, 9.17) is 0 Å². The van der Waals surface area contributed by atoms with E-state index in [1.165, 1.54) is 43.9 Å². The molecule has 0 N–H and O–H groups in total. The minimum atomic E-state index is -4.39. The first-order valence-corrected chi connectivity index (χ1v) is 14.4. The SMILES string of the molecule is CN(c1ccncc1)c1ccc(CN(C(=O)/C=C/c2ccc(C(F)(F)F)cc2)[C@@H]2CCCN(C3CCCC3)C2)cc1. The maximum absolute atomic E-state index is 13.7. The number of benzene rings is 2. The third-order valence-corrected chi connectivity index (χ3v) is 8.38. The Kier molecular flexibility index (Phi) is 9.08. The second-order valence-corrected chi connectivity index (χ2v) is 11.1. The number of hydrogen-bond acceptors (Lipinski definition) is 4. The van der Waals surface area contributed by atoms with Crippen LogP contribution in [-0.4, -0.2) is 52.9 Å². The predicted molar refractivity (Wildman–Crippen MR) is 157 cm³/mol. The van der Waals surface area contributed by atoms with Crippen LogP contribution in [0, 0.1) is 0 Å². The largest absolute Gasteiger partial charge is 0.416 e. The van der Waals surface area contributed by atoms with Crippen molar-refractivity contribution in [3.05, 3.63) is 95.8 Å². The van der Waals surface area contributed by atoms with Gasteiger partial charge in [-0.05, 0) is 85.8 Å². The molecule has 2 aliphatic rings. The van der Waals surface area contributed by atoms with Gasteiger partial charge in [0.15, 0.2) is 0 Å².